The molecule has 1 N–H and O–H groups in total. The highest BCUT2D eigenvalue weighted by Crippen LogP contribution is 2.34. The van der Waals surface area contributed by atoms with E-state index in [2.05, 4.69) is 26.8 Å². The monoisotopic (exact) mass is 318 g/mol. The summed E-state index contributed by atoms with van der Waals surface area (Å²) in [6, 6.07) is 7.79. The fourth-order valence-corrected chi connectivity index (χ4v) is 3.41. The third-order valence-corrected chi connectivity index (χ3v) is 5.04. The molecule has 1 heteroatoms. The van der Waals surface area contributed by atoms with Gasteiger partial charge in [-0.1, -0.05) is 110 Å². The van der Waals surface area contributed by atoms with E-state index in [9.17, 15) is 5.11 Å². The summed E-state index contributed by atoms with van der Waals surface area (Å²) in [5.74, 6) is 0.445. The average Bonchev–Trinajstić information content (AvgIpc) is 2.53. The van der Waals surface area contributed by atoms with E-state index in [1.54, 1.807) is 6.07 Å². The van der Waals surface area contributed by atoms with Gasteiger partial charge in [-0.05, 0) is 23.5 Å². The van der Waals surface area contributed by atoms with E-state index in [0.717, 1.165) is 12.0 Å². The van der Waals surface area contributed by atoms with Crippen molar-refractivity contribution in [2.75, 3.05) is 0 Å². The first-order valence-corrected chi connectivity index (χ1v) is 9.86. The molecule has 0 saturated heterocycles. The van der Waals surface area contributed by atoms with Crippen LogP contribution in [0.15, 0.2) is 24.3 Å². The van der Waals surface area contributed by atoms with Gasteiger partial charge >= 0.3 is 0 Å². The van der Waals surface area contributed by atoms with Crippen molar-refractivity contribution in [2.24, 2.45) is 0 Å². The average molecular weight is 319 g/mol. The summed E-state index contributed by atoms with van der Waals surface area (Å²) in [6.07, 6.45) is 16.4. The number of para-hydroxylation sites is 1. The molecule has 0 spiro atoms. The Morgan fingerprint density at radius 1 is 0.739 bits per heavy atom. The molecule has 0 aliphatic rings. The lowest BCUT2D eigenvalue weighted by Gasteiger charge is -2.26. The van der Waals surface area contributed by atoms with Crippen LogP contribution < -0.4 is 0 Å². The molecule has 23 heavy (non-hydrogen) atoms. The Morgan fingerprint density at radius 2 is 1.22 bits per heavy atom. The predicted octanol–water partition coefficient (Wildman–Crippen LogP) is 7.37. The first-order chi connectivity index (χ1) is 11.1. The van der Waals surface area contributed by atoms with Crippen molar-refractivity contribution >= 4 is 0 Å². The number of phenols is 1. The van der Waals surface area contributed by atoms with Crippen LogP contribution >= 0.6 is 0 Å². The quantitative estimate of drug-likeness (QED) is 0.376. The number of hydrogen-bond acceptors (Lipinski definition) is 1. The van der Waals surface area contributed by atoms with Crippen LogP contribution in [0, 0.1) is 0 Å². The van der Waals surface area contributed by atoms with Crippen molar-refractivity contribution in [3.05, 3.63) is 29.8 Å². The van der Waals surface area contributed by atoms with Gasteiger partial charge in [-0.15, -0.1) is 0 Å². The topological polar surface area (TPSA) is 20.2 Å². The van der Waals surface area contributed by atoms with Crippen molar-refractivity contribution in [1.82, 2.24) is 0 Å². The van der Waals surface area contributed by atoms with E-state index in [-0.39, 0.29) is 5.41 Å². The van der Waals surface area contributed by atoms with Gasteiger partial charge in [0.1, 0.15) is 5.75 Å². The standard InChI is InChI=1S/C22H38O/c1-4-5-6-7-8-9-10-11-12-13-16-19-22(2,3)20-17-14-15-18-21(20)23/h14-15,17-18,23H,4-13,16,19H2,1-3H3. The van der Waals surface area contributed by atoms with Crippen LogP contribution in [0.3, 0.4) is 0 Å². The van der Waals surface area contributed by atoms with Crippen LogP contribution in [0.2, 0.25) is 0 Å². The molecule has 1 aromatic rings. The van der Waals surface area contributed by atoms with E-state index in [0.29, 0.717) is 5.75 Å². The third-order valence-electron chi connectivity index (χ3n) is 5.04. The molecule has 1 rings (SSSR count). The summed E-state index contributed by atoms with van der Waals surface area (Å²) < 4.78 is 0. The van der Waals surface area contributed by atoms with Crippen molar-refractivity contribution in [3.8, 4) is 5.75 Å². The molecule has 0 unspecified atom stereocenters. The van der Waals surface area contributed by atoms with Crippen LogP contribution in [0.25, 0.3) is 0 Å². The van der Waals surface area contributed by atoms with Gasteiger partial charge in [-0.2, -0.15) is 0 Å². The number of benzene rings is 1. The van der Waals surface area contributed by atoms with Crippen LogP contribution in [-0.2, 0) is 5.41 Å². The van der Waals surface area contributed by atoms with Gasteiger partial charge in [0.25, 0.3) is 0 Å². The minimum Gasteiger partial charge on any atom is -0.508 e. The minimum absolute atomic E-state index is 0.0740. The third kappa shape index (κ3) is 8.44. The smallest absolute Gasteiger partial charge is 0.119 e. The zero-order valence-electron chi connectivity index (χ0n) is 15.7. The maximum absolute atomic E-state index is 10.0. The Hall–Kier alpha value is -0.980. The fraction of sp³-hybridized carbons (Fsp3) is 0.727. The Kier molecular flexibility index (Phi) is 10.1. The Labute approximate surface area is 144 Å². The van der Waals surface area contributed by atoms with Crippen molar-refractivity contribution in [1.29, 1.82) is 0 Å². The molecule has 0 fully saturated rings. The number of aromatic hydroxyl groups is 1. The van der Waals surface area contributed by atoms with E-state index >= 15 is 0 Å². The number of phenolic OH excluding ortho intramolecular Hbond substituents is 1. The SMILES string of the molecule is CCCCCCCCCCCCCC(C)(C)c1ccccc1O. The summed E-state index contributed by atoms with van der Waals surface area (Å²) in [5.41, 5.74) is 1.16. The molecule has 0 aliphatic carbocycles. The van der Waals surface area contributed by atoms with E-state index in [1.807, 2.05) is 12.1 Å². The normalized spacial score (nSPS) is 11.8. The largest absolute Gasteiger partial charge is 0.508 e. The molecular weight excluding hydrogens is 280 g/mol. The van der Waals surface area contributed by atoms with Crippen molar-refractivity contribution in [2.45, 2.75) is 103 Å². The Balaban J connectivity index is 2.05. The van der Waals surface area contributed by atoms with Gasteiger partial charge in [0.15, 0.2) is 0 Å². The summed E-state index contributed by atoms with van der Waals surface area (Å²) in [5, 5.41) is 10.0. The molecule has 1 nitrogen and oxygen atoms in total. The maximum atomic E-state index is 10.0. The van der Waals surface area contributed by atoms with Crippen LogP contribution in [0.1, 0.15) is 103 Å². The molecule has 0 aromatic heterocycles. The van der Waals surface area contributed by atoms with Crippen LogP contribution in [-0.4, -0.2) is 5.11 Å². The van der Waals surface area contributed by atoms with Gasteiger partial charge < -0.3 is 5.11 Å². The molecule has 132 valence electrons. The first-order valence-electron chi connectivity index (χ1n) is 9.86. The lowest BCUT2D eigenvalue weighted by Crippen LogP contribution is -2.17. The lowest BCUT2D eigenvalue weighted by molar-refractivity contribution is 0.404. The van der Waals surface area contributed by atoms with Gasteiger partial charge in [0, 0.05) is 0 Å². The second kappa shape index (κ2) is 11.5. The van der Waals surface area contributed by atoms with Gasteiger partial charge in [-0.3, -0.25) is 0 Å². The summed E-state index contributed by atoms with van der Waals surface area (Å²) >= 11 is 0. The lowest BCUT2D eigenvalue weighted by atomic mass is 9.79. The number of unbranched alkanes of at least 4 members (excludes halogenated alkanes) is 10. The predicted molar refractivity (Wildman–Crippen MR) is 102 cm³/mol. The van der Waals surface area contributed by atoms with Crippen LogP contribution in [0.4, 0.5) is 0 Å². The zero-order valence-corrected chi connectivity index (χ0v) is 15.7. The Morgan fingerprint density at radius 3 is 1.74 bits per heavy atom. The minimum atomic E-state index is 0.0740. The van der Waals surface area contributed by atoms with E-state index in [1.165, 1.54) is 70.6 Å². The molecule has 0 atom stereocenters. The van der Waals surface area contributed by atoms with Gasteiger partial charge in [0.05, 0.1) is 0 Å². The second-order valence-corrected chi connectivity index (χ2v) is 7.69. The van der Waals surface area contributed by atoms with E-state index < -0.39 is 0 Å². The summed E-state index contributed by atoms with van der Waals surface area (Å²) in [6.45, 7) is 6.77. The molecule has 0 bridgehead atoms. The number of rotatable bonds is 13. The molecule has 0 amide bonds. The fourth-order valence-electron chi connectivity index (χ4n) is 3.41. The summed E-state index contributed by atoms with van der Waals surface area (Å²) in [4.78, 5) is 0. The maximum Gasteiger partial charge on any atom is 0.119 e. The number of hydrogen-bond donors (Lipinski definition) is 1. The molecule has 0 radical (unpaired) electrons. The van der Waals surface area contributed by atoms with Crippen LogP contribution in [0.5, 0.6) is 5.75 Å². The van der Waals surface area contributed by atoms with E-state index in [4.69, 9.17) is 0 Å². The molecular formula is C22H38O. The second-order valence-electron chi connectivity index (χ2n) is 7.69. The molecule has 0 aliphatic heterocycles. The first kappa shape index (κ1) is 20.1. The van der Waals surface area contributed by atoms with Gasteiger partial charge in [-0.25, -0.2) is 0 Å². The molecule has 0 heterocycles. The highest BCUT2D eigenvalue weighted by Gasteiger charge is 2.22. The molecule has 1 aromatic carbocycles. The Bertz CT molecular complexity index is 408. The highest BCUT2D eigenvalue weighted by atomic mass is 16.3. The molecule has 0 saturated carbocycles. The zero-order chi connectivity index (χ0) is 17.0. The highest BCUT2D eigenvalue weighted by molar-refractivity contribution is 5.37. The summed E-state index contributed by atoms with van der Waals surface area (Å²) in [7, 11) is 0. The van der Waals surface area contributed by atoms with Crippen molar-refractivity contribution < 1.29 is 5.11 Å². The van der Waals surface area contributed by atoms with Crippen molar-refractivity contribution in [3.63, 3.8) is 0 Å². The van der Waals surface area contributed by atoms with Gasteiger partial charge in [0.2, 0.25) is 0 Å².